The summed E-state index contributed by atoms with van der Waals surface area (Å²) in [7, 11) is 1.58. The number of carbonyl (C=O) groups is 2. The number of hydrogen-bond acceptors (Lipinski definition) is 6. The van der Waals surface area contributed by atoms with Crippen LogP contribution in [0.5, 0.6) is 5.75 Å². The molecular formula is C18H24O6. The van der Waals surface area contributed by atoms with Crippen molar-refractivity contribution in [3.05, 3.63) is 29.8 Å². The summed E-state index contributed by atoms with van der Waals surface area (Å²) in [4.78, 5) is 24.7. The van der Waals surface area contributed by atoms with Gasteiger partial charge in [0.2, 0.25) is 0 Å². The zero-order valence-corrected chi connectivity index (χ0v) is 14.3. The molecule has 24 heavy (non-hydrogen) atoms. The third-order valence-electron chi connectivity index (χ3n) is 4.09. The lowest BCUT2D eigenvalue weighted by Gasteiger charge is -2.25. The van der Waals surface area contributed by atoms with Crippen molar-refractivity contribution in [1.82, 2.24) is 0 Å². The smallest absolute Gasteiger partial charge is 0.320 e. The predicted octanol–water partition coefficient (Wildman–Crippen LogP) is 2.52. The number of ether oxygens (including phenoxy) is 4. The van der Waals surface area contributed by atoms with Crippen molar-refractivity contribution < 1.29 is 28.5 Å². The highest BCUT2D eigenvalue weighted by atomic mass is 16.6. The quantitative estimate of drug-likeness (QED) is 0.563. The Balaban J connectivity index is 2.33. The van der Waals surface area contributed by atoms with Crippen LogP contribution in [0.2, 0.25) is 0 Å². The Morgan fingerprint density at radius 3 is 2.38 bits per heavy atom. The van der Waals surface area contributed by atoms with Gasteiger partial charge in [0.15, 0.2) is 5.92 Å². The summed E-state index contributed by atoms with van der Waals surface area (Å²) in [6, 6.07) is 7.45. The molecule has 1 aliphatic heterocycles. The van der Waals surface area contributed by atoms with Crippen LogP contribution in [0, 0.1) is 11.8 Å². The van der Waals surface area contributed by atoms with Gasteiger partial charge < -0.3 is 18.9 Å². The summed E-state index contributed by atoms with van der Waals surface area (Å²) in [5.74, 6) is -1.81. The molecule has 2 rings (SSSR count). The first-order valence-corrected chi connectivity index (χ1v) is 8.21. The lowest BCUT2D eigenvalue weighted by molar-refractivity contribution is -0.165. The van der Waals surface area contributed by atoms with Crippen LogP contribution in [0.4, 0.5) is 0 Å². The van der Waals surface area contributed by atoms with Crippen molar-refractivity contribution >= 4 is 11.9 Å². The molecule has 0 unspecified atom stereocenters. The largest absolute Gasteiger partial charge is 0.496 e. The van der Waals surface area contributed by atoms with Crippen LogP contribution >= 0.6 is 0 Å². The van der Waals surface area contributed by atoms with Crippen LogP contribution in [-0.4, -0.2) is 38.9 Å². The molecule has 1 aromatic carbocycles. The number of methoxy groups -OCH3 is 1. The maximum atomic E-state index is 12.4. The van der Waals surface area contributed by atoms with Crippen LogP contribution in [0.3, 0.4) is 0 Å². The lowest BCUT2D eigenvalue weighted by atomic mass is 9.83. The summed E-state index contributed by atoms with van der Waals surface area (Å²) in [5, 5.41) is 0. The van der Waals surface area contributed by atoms with Crippen molar-refractivity contribution in [2.75, 3.05) is 26.9 Å². The van der Waals surface area contributed by atoms with Gasteiger partial charge in [-0.25, -0.2) is 0 Å². The molecule has 0 N–H and O–H groups in total. The van der Waals surface area contributed by atoms with E-state index in [-0.39, 0.29) is 19.1 Å². The van der Waals surface area contributed by atoms with Gasteiger partial charge in [-0.3, -0.25) is 9.59 Å². The van der Waals surface area contributed by atoms with Gasteiger partial charge >= 0.3 is 11.9 Å². The molecule has 2 atom stereocenters. The molecule has 6 nitrogen and oxygen atoms in total. The van der Waals surface area contributed by atoms with Gasteiger partial charge in [-0.05, 0) is 26.3 Å². The lowest BCUT2D eigenvalue weighted by Crippen LogP contribution is -2.36. The van der Waals surface area contributed by atoms with Gasteiger partial charge in [0, 0.05) is 18.1 Å². The minimum Gasteiger partial charge on any atom is -0.496 e. The van der Waals surface area contributed by atoms with Crippen molar-refractivity contribution in [3.8, 4) is 5.75 Å². The number of carbonyl (C=O) groups excluding carboxylic acids is 2. The van der Waals surface area contributed by atoms with Gasteiger partial charge in [0.1, 0.15) is 5.75 Å². The highest BCUT2D eigenvalue weighted by Gasteiger charge is 2.45. The Morgan fingerprint density at radius 1 is 1.17 bits per heavy atom. The molecule has 6 heteroatoms. The van der Waals surface area contributed by atoms with Crippen LogP contribution in [0.25, 0.3) is 0 Å². The SMILES string of the molecule is CCOC(=O)C(C(=O)OCC)[C@@H]1CCO[C@H]1c1ccccc1OC. The molecule has 0 aromatic heterocycles. The second kappa shape index (κ2) is 8.68. The second-order valence-electron chi connectivity index (χ2n) is 5.47. The van der Waals surface area contributed by atoms with Crippen LogP contribution < -0.4 is 4.74 Å². The van der Waals surface area contributed by atoms with Gasteiger partial charge in [0.25, 0.3) is 0 Å². The van der Waals surface area contributed by atoms with E-state index < -0.39 is 24.0 Å². The van der Waals surface area contributed by atoms with E-state index in [1.807, 2.05) is 24.3 Å². The van der Waals surface area contributed by atoms with E-state index in [1.54, 1.807) is 21.0 Å². The zero-order valence-electron chi connectivity index (χ0n) is 14.3. The molecule has 0 aliphatic carbocycles. The van der Waals surface area contributed by atoms with E-state index in [0.717, 1.165) is 5.56 Å². The summed E-state index contributed by atoms with van der Waals surface area (Å²) in [6.45, 7) is 4.30. The molecule has 0 bridgehead atoms. The molecule has 132 valence electrons. The van der Waals surface area contributed by atoms with Crippen molar-refractivity contribution in [2.45, 2.75) is 26.4 Å². The Bertz CT molecular complexity index is 552. The topological polar surface area (TPSA) is 71.1 Å². The Morgan fingerprint density at radius 2 is 1.79 bits per heavy atom. The number of hydrogen-bond donors (Lipinski definition) is 0. The average molecular weight is 336 g/mol. The van der Waals surface area contributed by atoms with Crippen LogP contribution in [0.1, 0.15) is 31.9 Å². The molecule has 0 spiro atoms. The first kappa shape index (κ1) is 18.3. The maximum Gasteiger partial charge on any atom is 0.320 e. The molecular weight excluding hydrogens is 312 g/mol. The van der Waals surface area contributed by atoms with E-state index in [9.17, 15) is 9.59 Å². The molecule has 1 aromatic rings. The van der Waals surface area contributed by atoms with E-state index in [1.165, 1.54) is 0 Å². The zero-order chi connectivity index (χ0) is 17.5. The highest BCUT2D eigenvalue weighted by molar-refractivity contribution is 5.95. The van der Waals surface area contributed by atoms with Gasteiger partial charge in [0.05, 0.1) is 26.4 Å². The predicted molar refractivity (Wildman–Crippen MR) is 86.6 cm³/mol. The molecule has 0 amide bonds. The monoisotopic (exact) mass is 336 g/mol. The second-order valence-corrected chi connectivity index (χ2v) is 5.47. The standard InChI is InChI=1S/C18H24O6/c1-4-22-17(19)15(18(20)23-5-2)13-10-11-24-16(13)12-8-6-7-9-14(12)21-3/h6-9,13,15-16H,4-5,10-11H2,1-3H3/t13-,16-/m0/s1. The third kappa shape index (κ3) is 3.87. The highest BCUT2D eigenvalue weighted by Crippen LogP contribution is 2.43. The number of benzene rings is 1. The normalized spacial score (nSPS) is 20.0. The first-order valence-electron chi connectivity index (χ1n) is 8.21. The molecule has 1 saturated heterocycles. The number of esters is 2. The fourth-order valence-electron chi connectivity index (χ4n) is 3.08. The minimum atomic E-state index is -0.998. The Hall–Kier alpha value is -2.08. The average Bonchev–Trinajstić information content (AvgIpc) is 3.04. The summed E-state index contributed by atoms with van der Waals surface area (Å²) < 4.78 is 21.4. The third-order valence-corrected chi connectivity index (χ3v) is 4.09. The van der Waals surface area contributed by atoms with E-state index in [2.05, 4.69) is 0 Å². The molecule has 1 aliphatic rings. The molecule has 1 fully saturated rings. The minimum absolute atomic E-state index is 0.210. The summed E-state index contributed by atoms with van der Waals surface area (Å²) in [6.07, 6.45) is 0.158. The molecule has 0 saturated carbocycles. The van der Waals surface area contributed by atoms with Gasteiger partial charge in [-0.2, -0.15) is 0 Å². The number of para-hydroxylation sites is 1. The Kier molecular flexibility index (Phi) is 6.61. The molecule has 0 radical (unpaired) electrons. The van der Waals surface area contributed by atoms with Gasteiger partial charge in [-0.15, -0.1) is 0 Å². The van der Waals surface area contributed by atoms with E-state index in [0.29, 0.717) is 18.8 Å². The van der Waals surface area contributed by atoms with Crippen LogP contribution in [-0.2, 0) is 23.8 Å². The number of rotatable bonds is 7. The van der Waals surface area contributed by atoms with Crippen molar-refractivity contribution in [1.29, 1.82) is 0 Å². The summed E-state index contributed by atoms with van der Waals surface area (Å²) in [5.41, 5.74) is 0.820. The summed E-state index contributed by atoms with van der Waals surface area (Å²) >= 11 is 0. The fraction of sp³-hybridized carbons (Fsp3) is 0.556. The van der Waals surface area contributed by atoms with E-state index in [4.69, 9.17) is 18.9 Å². The van der Waals surface area contributed by atoms with E-state index >= 15 is 0 Å². The van der Waals surface area contributed by atoms with Gasteiger partial charge in [-0.1, -0.05) is 18.2 Å². The fourth-order valence-corrected chi connectivity index (χ4v) is 3.08. The Labute approximate surface area is 142 Å². The van der Waals surface area contributed by atoms with Crippen LogP contribution in [0.15, 0.2) is 24.3 Å². The maximum absolute atomic E-state index is 12.4. The van der Waals surface area contributed by atoms with Crippen molar-refractivity contribution in [2.24, 2.45) is 11.8 Å². The molecule has 1 heterocycles. The van der Waals surface area contributed by atoms with Crippen molar-refractivity contribution in [3.63, 3.8) is 0 Å². The first-order chi connectivity index (χ1) is 11.6.